The van der Waals surface area contributed by atoms with Crippen molar-refractivity contribution in [1.29, 1.82) is 0 Å². The number of rotatable bonds is 8. The second kappa shape index (κ2) is 8.79. The fourth-order valence-corrected chi connectivity index (χ4v) is 2.75. The smallest absolute Gasteiger partial charge is 0.341 e. The van der Waals surface area contributed by atoms with Crippen molar-refractivity contribution in [3.05, 3.63) is 16.5 Å². The molecule has 0 aliphatic heterocycles. The highest BCUT2D eigenvalue weighted by molar-refractivity contribution is 7.16. The van der Waals surface area contributed by atoms with Gasteiger partial charge in [-0.25, -0.2) is 4.79 Å². The lowest BCUT2D eigenvalue weighted by molar-refractivity contribution is -0.119. The Bertz CT molecular complexity index is 485. The quantitative estimate of drug-likeness (QED) is 0.724. The van der Waals surface area contributed by atoms with E-state index in [1.807, 2.05) is 20.8 Å². The second-order valence-electron chi connectivity index (χ2n) is 4.73. The van der Waals surface area contributed by atoms with Gasteiger partial charge in [-0.2, -0.15) is 0 Å². The SMILES string of the molecule is CCNCC(C)C(=O)Nc1sc(CC)cc1C(=O)OCC. The Morgan fingerprint density at radius 2 is 2.05 bits per heavy atom. The minimum atomic E-state index is -0.386. The third-order valence-corrected chi connectivity index (χ3v) is 4.21. The first-order valence-corrected chi connectivity index (χ1v) is 8.16. The lowest BCUT2D eigenvalue weighted by atomic mass is 10.1. The highest BCUT2D eigenvalue weighted by Crippen LogP contribution is 2.29. The maximum absolute atomic E-state index is 12.2. The summed E-state index contributed by atoms with van der Waals surface area (Å²) in [6, 6.07) is 1.80. The van der Waals surface area contributed by atoms with Crippen LogP contribution < -0.4 is 10.6 Å². The van der Waals surface area contributed by atoms with Crippen LogP contribution in [0, 0.1) is 5.92 Å². The lowest BCUT2D eigenvalue weighted by Crippen LogP contribution is -2.30. The molecule has 0 spiro atoms. The lowest BCUT2D eigenvalue weighted by Gasteiger charge is -2.12. The van der Waals surface area contributed by atoms with E-state index in [4.69, 9.17) is 4.74 Å². The van der Waals surface area contributed by atoms with Crippen molar-refractivity contribution >= 4 is 28.2 Å². The molecule has 2 N–H and O–H groups in total. The third-order valence-electron chi connectivity index (χ3n) is 3.01. The van der Waals surface area contributed by atoms with Gasteiger partial charge in [-0.15, -0.1) is 11.3 Å². The monoisotopic (exact) mass is 312 g/mol. The summed E-state index contributed by atoms with van der Waals surface area (Å²) in [5, 5.41) is 6.57. The molecule has 21 heavy (non-hydrogen) atoms. The van der Waals surface area contributed by atoms with E-state index in [9.17, 15) is 9.59 Å². The number of carbonyl (C=O) groups excluding carboxylic acids is 2. The molecule has 0 saturated heterocycles. The molecule has 0 radical (unpaired) electrons. The van der Waals surface area contributed by atoms with E-state index in [1.54, 1.807) is 13.0 Å². The van der Waals surface area contributed by atoms with Crippen LogP contribution in [0.5, 0.6) is 0 Å². The Hall–Kier alpha value is -1.40. The number of amides is 1. The fraction of sp³-hybridized carbons (Fsp3) is 0.600. The first kappa shape index (κ1) is 17.7. The second-order valence-corrected chi connectivity index (χ2v) is 5.86. The van der Waals surface area contributed by atoms with Crippen LogP contribution in [-0.2, 0) is 16.0 Å². The van der Waals surface area contributed by atoms with Crippen molar-refractivity contribution in [1.82, 2.24) is 5.32 Å². The van der Waals surface area contributed by atoms with E-state index in [2.05, 4.69) is 10.6 Å². The number of ether oxygens (including phenoxy) is 1. The van der Waals surface area contributed by atoms with Crippen LogP contribution in [0.15, 0.2) is 6.07 Å². The van der Waals surface area contributed by atoms with Gasteiger partial charge in [0.05, 0.1) is 12.2 Å². The zero-order chi connectivity index (χ0) is 15.8. The normalized spacial score (nSPS) is 12.0. The van der Waals surface area contributed by atoms with Gasteiger partial charge in [0.1, 0.15) is 5.00 Å². The van der Waals surface area contributed by atoms with Crippen molar-refractivity contribution in [2.75, 3.05) is 25.0 Å². The van der Waals surface area contributed by atoms with Crippen LogP contribution >= 0.6 is 11.3 Å². The Balaban J connectivity index is 2.83. The van der Waals surface area contributed by atoms with Gasteiger partial charge in [0.25, 0.3) is 0 Å². The minimum absolute atomic E-state index is 0.0917. The van der Waals surface area contributed by atoms with Gasteiger partial charge >= 0.3 is 5.97 Å². The van der Waals surface area contributed by atoms with Gasteiger partial charge in [0.15, 0.2) is 0 Å². The summed E-state index contributed by atoms with van der Waals surface area (Å²) in [4.78, 5) is 25.1. The average molecular weight is 312 g/mol. The number of thiophene rings is 1. The third kappa shape index (κ3) is 5.13. The molecule has 0 aromatic carbocycles. The minimum Gasteiger partial charge on any atom is -0.462 e. The summed E-state index contributed by atoms with van der Waals surface area (Å²) < 4.78 is 5.04. The first-order valence-electron chi connectivity index (χ1n) is 7.34. The standard InChI is InChI=1S/C15H24N2O3S/c1-5-11-8-12(15(19)20-7-3)14(21-11)17-13(18)10(4)9-16-6-2/h8,10,16H,5-7,9H2,1-4H3,(H,17,18). The summed E-state index contributed by atoms with van der Waals surface area (Å²) in [6.07, 6.45) is 0.819. The number of nitrogens with one attached hydrogen (secondary N) is 2. The Kier molecular flexibility index (Phi) is 7.39. The van der Waals surface area contributed by atoms with Crippen molar-refractivity contribution in [3.63, 3.8) is 0 Å². The predicted octanol–water partition coefficient (Wildman–Crippen LogP) is 2.67. The molecule has 0 saturated carbocycles. The Morgan fingerprint density at radius 3 is 2.62 bits per heavy atom. The molecule has 0 aliphatic rings. The number of hydrogen-bond donors (Lipinski definition) is 2. The molecule has 6 heteroatoms. The molecule has 1 aromatic heterocycles. The van der Waals surface area contributed by atoms with Gasteiger partial charge in [-0.05, 0) is 26.0 Å². The maximum atomic E-state index is 12.2. The molecule has 5 nitrogen and oxygen atoms in total. The van der Waals surface area contributed by atoms with Crippen molar-refractivity contribution < 1.29 is 14.3 Å². The first-order chi connectivity index (χ1) is 10.0. The number of aryl methyl sites for hydroxylation is 1. The van der Waals surface area contributed by atoms with Crippen LogP contribution in [-0.4, -0.2) is 31.6 Å². The molecule has 118 valence electrons. The largest absolute Gasteiger partial charge is 0.462 e. The van der Waals surface area contributed by atoms with E-state index >= 15 is 0 Å². The molecular formula is C15H24N2O3S. The van der Waals surface area contributed by atoms with E-state index < -0.39 is 0 Å². The molecule has 1 heterocycles. The Labute approximate surface area is 130 Å². The molecule has 1 rings (SSSR count). The topological polar surface area (TPSA) is 67.4 Å². The van der Waals surface area contributed by atoms with E-state index in [-0.39, 0.29) is 17.8 Å². The van der Waals surface area contributed by atoms with Gasteiger partial charge in [0, 0.05) is 17.3 Å². The maximum Gasteiger partial charge on any atom is 0.341 e. The number of hydrogen-bond acceptors (Lipinski definition) is 5. The van der Waals surface area contributed by atoms with E-state index in [0.717, 1.165) is 17.8 Å². The highest BCUT2D eigenvalue weighted by Gasteiger charge is 2.20. The van der Waals surface area contributed by atoms with Gasteiger partial charge in [-0.1, -0.05) is 20.8 Å². The molecule has 1 amide bonds. The van der Waals surface area contributed by atoms with E-state index in [0.29, 0.717) is 23.7 Å². The van der Waals surface area contributed by atoms with Crippen molar-refractivity contribution in [3.8, 4) is 0 Å². The van der Waals surface area contributed by atoms with E-state index in [1.165, 1.54) is 11.3 Å². The average Bonchev–Trinajstić information content (AvgIpc) is 2.88. The Morgan fingerprint density at radius 1 is 1.33 bits per heavy atom. The number of anilines is 1. The van der Waals surface area contributed by atoms with Crippen LogP contribution in [0.25, 0.3) is 0 Å². The number of carbonyl (C=O) groups is 2. The molecule has 0 bridgehead atoms. The molecule has 0 aliphatic carbocycles. The van der Waals surface area contributed by atoms with Crippen LogP contribution in [0.3, 0.4) is 0 Å². The zero-order valence-corrected chi connectivity index (χ0v) is 13.9. The molecule has 1 aromatic rings. The molecular weight excluding hydrogens is 288 g/mol. The highest BCUT2D eigenvalue weighted by atomic mass is 32.1. The summed E-state index contributed by atoms with van der Waals surface area (Å²) >= 11 is 1.43. The zero-order valence-electron chi connectivity index (χ0n) is 13.1. The molecule has 1 atom stereocenters. The predicted molar refractivity (Wildman–Crippen MR) is 86.0 cm³/mol. The fourth-order valence-electron chi connectivity index (χ4n) is 1.76. The summed E-state index contributed by atoms with van der Waals surface area (Å²) in [6.45, 7) is 9.39. The molecule has 0 fully saturated rings. The van der Waals surface area contributed by atoms with Crippen molar-refractivity contribution in [2.24, 2.45) is 5.92 Å². The number of esters is 1. The summed E-state index contributed by atoms with van der Waals surface area (Å²) in [5.74, 6) is -0.638. The molecule has 1 unspecified atom stereocenters. The summed E-state index contributed by atoms with van der Waals surface area (Å²) in [5.41, 5.74) is 0.447. The van der Waals surface area contributed by atoms with Gasteiger partial charge in [-0.3, -0.25) is 4.79 Å². The van der Waals surface area contributed by atoms with Gasteiger partial charge in [0.2, 0.25) is 5.91 Å². The van der Waals surface area contributed by atoms with Crippen molar-refractivity contribution in [2.45, 2.75) is 34.1 Å². The van der Waals surface area contributed by atoms with Gasteiger partial charge < -0.3 is 15.4 Å². The van der Waals surface area contributed by atoms with Crippen LogP contribution in [0.1, 0.15) is 42.9 Å². The van der Waals surface area contributed by atoms with Crippen LogP contribution in [0.2, 0.25) is 0 Å². The van der Waals surface area contributed by atoms with Crippen LogP contribution in [0.4, 0.5) is 5.00 Å². The summed E-state index contributed by atoms with van der Waals surface area (Å²) in [7, 11) is 0.